The summed E-state index contributed by atoms with van der Waals surface area (Å²) in [4.78, 5) is 37.7. The largest absolute Gasteiger partial charge is 0.464 e. The Labute approximate surface area is 148 Å². The molecular weight excluding hydrogens is 338 g/mol. The molecule has 1 aromatic heterocycles. The zero-order valence-corrected chi connectivity index (χ0v) is 14.0. The number of carbonyl (C=O) groups is 3. The minimum Gasteiger partial charge on any atom is -0.464 e. The number of aromatic amines is 1. The molecule has 0 spiro atoms. The molecule has 2 aromatic rings. The lowest BCUT2D eigenvalue weighted by molar-refractivity contribution is -0.116. The van der Waals surface area contributed by atoms with E-state index < -0.39 is 5.97 Å². The molecule has 1 unspecified atom stereocenters. The molecule has 3 N–H and O–H groups in total. The molecule has 9 nitrogen and oxygen atoms in total. The molecular formula is C17H17N5O4. The van der Waals surface area contributed by atoms with Crippen molar-refractivity contribution in [3.8, 4) is 0 Å². The highest BCUT2D eigenvalue weighted by Crippen LogP contribution is 2.40. The number of benzene rings is 1. The van der Waals surface area contributed by atoms with Crippen molar-refractivity contribution in [2.24, 2.45) is 0 Å². The molecule has 0 aliphatic carbocycles. The fourth-order valence-corrected chi connectivity index (χ4v) is 3.44. The van der Waals surface area contributed by atoms with E-state index in [-0.39, 0.29) is 30.0 Å². The molecule has 1 atom stereocenters. The van der Waals surface area contributed by atoms with Crippen molar-refractivity contribution < 1.29 is 19.1 Å². The first kappa shape index (κ1) is 16.1. The fraction of sp³-hybridized carbons (Fsp3) is 0.294. The van der Waals surface area contributed by atoms with Gasteiger partial charge in [0, 0.05) is 42.4 Å². The highest BCUT2D eigenvalue weighted by molar-refractivity contribution is 5.99. The summed E-state index contributed by atoms with van der Waals surface area (Å²) in [5.41, 5.74) is 3.04. The Bertz CT molecular complexity index is 906. The van der Waals surface area contributed by atoms with Gasteiger partial charge in [0.05, 0.1) is 13.3 Å². The molecule has 1 aromatic carbocycles. The Hall–Kier alpha value is -3.36. The number of rotatable bonds is 3. The maximum atomic E-state index is 12.2. The number of hydrogen-bond acceptors (Lipinski definition) is 5. The van der Waals surface area contributed by atoms with E-state index in [4.69, 9.17) is 4.74 Å². The number of amides is 3. The number of anilines is 2. The highest BCUT2D eigenvalue weighted by Gasteiger charge is 2.32. The standard InChI is InChI=1S/C17H17N5O4/c1-26-16(24)15-12(8-19-21-15)11-7-14(23)20-13-6-9(2-3-10(11)13)22-5-4-18-17(22)25/h2-3,6,8,11H,4-5,7H2,1H3,(H,18,25)(H,19,21)(H,20,23). The molecule has 134 valence electrons. The van der Waals surface area contributed by atoms with E-state index in [0.717, 1.165) is 5.56 Å². The van der Waals surface area contributed by atoms with E-state index in [1.54, 1.807) is 17.2 Å². The van der Waals surface area contributed by atoms with Crippen molar-refractivity contribution in [2.45, 2.75) is 12.3 Å². The van der Waals surface area contributed by atoms with Gasteiger partial charge < -0.3 is 15.4 Å². The number of urea groups is 1. The average molecular weight is 355 g/mol. The molecule has 1 saturated heterocycles. The highest BCUT2D eigenvalue weighted by atomic mass is 16.5. The molecule has 0 bridgehead atoms. The fourth-order valence-electron chi connectivity index (χ4n) is 3.44. The maximum absolute atomic E-state index is 12.2. The van der Waals surface area contributed by atoms with E-state index in [0.29, 0.717) is 30.0 Å². The Morgan fingerprint density at radius 3 is 2.88 bits per heavy atom. The smallest absolute Gasteiger partial charge is 0.356 e. The average Bonchev–Trinajstić information content (AvgIpc) is 3.28. The van der Waals surface area contributed by atoms with Crippen LogP contribution in [-0.2, 0) is 9.53 Å². The monoisotopic (exact) mass is 355 g/mol. The molecule has 2 aliphatic rings. The summed E-state index contributed by atoms with van der Waals surface area (Å²) in [5, 5.41) is 12.2. The third-order valence-electron chi connectivity index (χ3n) is 4.68. The van der Waals surface area contributed by atoms with Crippen LogP contribution in [0.1, 0.15) is 34.0 Å². The third kappa shape index (κ3) is 2.57. The summed E-state index contributed by atoms with van der Waals surface area (Å²) < 4.78 is 4.78. The van der Waals surface area contributed by atoms with E-state index in [1.165, 1.54) is 7.11 Å². The summed E-state index contributed by atoms with van der Waals surface area (Å²) in [6.45, 7) is 1.16. The van der Waals surface area contributed by atoms with Crippen LogP contribution < -0.4 is 15.5 Å². The van der Waals surface area contributed by atoms with Crippen LogP contribution in [-0.4, -0.2) is 48.3 Å². The van der Waals surface area contributed by atoms with Gasteiger partial charge in [-0.1, -0.05) is 6.07 Å². The van der Waals surface area contributed by atoms with Gasteiger partial charge in [0.25, 0.3) is 0 Å². The number of fused-ring (bicyclic) bond motifs is 1. The lowest BCUT2D eigenvalue weighted by Gasteiger charge is -2.27. The molecule has 0 saturated carbocycles. The van der Waals surface area contributed by atoms with Gasteiger partial charge in [-0.05, 0) is 17.7 Å². The van der Waals surface area contributed by atoms with E-state index in [9.17, 15) is 14.4 Å². The number of aromatic nitrogens is 2. The second-order valence-corrected chi connectivity index (χ2v) is 6.15. The summed E-state index contributed by atoms with van der Waals surface area (Å²) in [5.74, 6) is -1.02. The Balaban J connectivity index is 1.75. The van der Waals surface area contributed by atoms with Gasteiger partial charge in [-0.2, -0.15) is 5.10 Å². The number of carbonyl (C=O) groups excluding carboxylic acids is 3. The zero-order valence-electron chi connectivity index (χ0n) is 14.0. The minimum absolute atomic E-state index is 0.161. The van der Waals surface area contributed by atoms with Gasteiger partial charge in [0.15, 0.2) is 0 Å². The molecule has 3 heterocycles. The van der Waals surface area contributed by atoms with Crippen LogP contribution in [0.15, 0.2) is 24.4 Å². The van der Waals surface area contributed by atoms with E-state index in [2.05, 4.69) is 20.8 Å². The van der Waals surface area contributed by atoms with Gasteiger partial charge in [-0.15, -0.1) is 0 Å². The van der Waals surface area contributed by atoms with Crippen LogP contribution in [0.25, 0.3) is 0 Å². The first-order chi connectivity index (χ1) is 12.6. The van der Waals surface area contributed by atoms with Crippen LogP contribution in [0.5, 0.6) is 0 Å². The first-order valence-electron chi connectivity index (χ1n) is 8.19. The number of H-pyrrole nitrogens is 1. The van der Waals surface area contributed by atoms with Gasteiger partial charge in [-0.3, -0.25) is 14.8 Å². The first-order valence-corrected chi connectivity index (χ1v) is 8.19. The topological polar surface area (TPSA) is 116 Å². The summed E-state index contributed by atoms with van der Waals surface area (Å²) >= 11 is 0. The number of methoxy groups -OCH3 is 1. The Morgan fingerprint density at radius 1 is 1.31 bits per heavy atom. The SMILES string of the molecule is COC(=O)c1[nH]ncc1C1CC(=O)Nc2cc(N3CCNC3=O)ccc21. The predicted molar refractivity (Wildman–Crippen MR) is 92.2 cm³/mol. The summed E-state index contributed by atoms with van der Waals surface area (Å²) in [7, 11) is 1.29. The molecule has 0 radical (unpaired) electrons. The van der Waals surface area contributed by atoms with Gasteiger partial charge in [-0.25, -0.2) is 9.59 Å². The second-order valence-electron chi connectivity index (χ2n) is 6.15. The maximum Gasteiger partial charge on any atom is 0.356 e. The minimum atomic E-state index is -0.532. The van der Waals surface area contributed by atoms with Gasteiger partial charge >= 0.3 is 12.0 Å². The van der Waals surface area contributed by atoms with Crippen molar-refractivity contribution in [3.05, 3.63) is 41.2 Å². The normalized spacial score (nSPS) is 19.0. The number of esters is 1. The molecule has 9 heteroatoms. The van der Waals surface area contributed by atoms with E-state index >= 15 is 0 Å². The van der Waals surface area contributed by atoms with Crippen molar-refractivity contribution in [1.29, 1.82) is 0 Å². The number of nitrogens with one attached hydrogen (secondary N) is 3. The summed E-state index contributed by atoms with van der Waals surface area (Å²) in [6.07, 6.45) is 1.74. The van der Waals surface area contributed by atoms with Crippen LogP contribution in [0, 0.1) is 0 Å². The van der Waals surface area contributed by atoms with Crippen molar-refractivity contribution in [2.75, 3.05) is 30.4 Å². The van der Waals surface area contributed by atoms with Crippen molar-refractivity contribution in [3.63, 3.8) is 0 Å². The van der Waals surface area contributed by atoms with Crippen molar-refractivity contribution >= 4 is 29.3 Å². The van der Waals surface area contributed by atoms with Crippen LogP contribution in [0.3, 0.4) is 0 Å². The quantitative estimate of drug-likeness (QED) is 0.716. The molecule has 26 heavy (non-hydrogen) atoms. The van der Waals surface area contributed by atoms with Crippen LogP contribution in [0.2, 0.25) is 0 Å². The third-order valence-corrected chi connectivity index (χ3v) is 4.68. The van der Waals surface area contributed by atoms with Gasteiger partial charge in [0.1, 0.15) is 5.69 Å². The molecule has 4 rings (SSSR count). The van der Waals surface area contributed by atoms with Crippen LogP contribution in [0.4, 0.5) is 16.2 Å². The Morgan fingerprint density at radius 2 is 2.15 bits per heavy atom. The second kappa shape index (κ2) is 6.17. The predicted octanol–water partition coefficient (Wildman–Crippen LogP) is 1.20. The Kier molecular flexibility index (Phi) is 3.83. The van der Waals surface area contributed by atoms with Crippen molar-refractivity contribution in [1.82, 2.24) is 15.5 Å². The summed E-state index contributed by atoms with van der Waals surface area (Å²) in [6, 6.07) is 5.33. The molecule has 1 fully saturated rings. The van der Waals surface area contributed by atoms with Gasteiger partial charge in [0.2, 0.25) is 5.91 Å². The number of ether oxygens (including phenoxy) is 1. The number of nitrogens with zero attached hydrogens (tertiary/aromatic N) is 2. The molecule has 2 aliphatic heterocycles. The van der Waals surface area contributed by atoms with Crippen LogP contribution >= 0.6 is 0 Å². The van der Waals surface area contributed by atoms with E-state index in [1.807, 2.05) is 12.1 Å². The lowest BCUT2D eigenvalue weighted by atomic mass is 9.84. The molecule has 3 amide bonds. The zero-order chi connectivity index (χ0) is 18.3. The lowest BCUT2D eigenvalue weighted by Crippen LogP contribution is -2.29. The number of hydrogen-bond donors (Lipinski definition) is 3.